The summed E-state index contributed by atoms with van der Waals surface area (Å²) in [7, 11) is 1.95. The first-order chi connectivity index (χ1) is 12.8. The van der Waals surface area contributed by atoms with E-state index < -0.39 is 0 Å². The Morgan fingerprint density at radius 2 is 2.08 bits per heavy atom. The van der Waals surface area contributed by atoms with Crippen LogP contribution in [0.1, 0.15) is 24.1 Å². The first-order valence-corrected chi connectivity index (χ1v) is 9.51. The molecular weight excluding hydrogens is 346 g/mol. The van der Waals surface area contributed by atoms with Crippen LogP contribution in [0.4, 0.5) is 10.9 Å². The minimum absolute atomic E-state index is 0.737. The average Bonchev–Trinajstić information content (AvgIpc) is 3.31. The number of aromatic nitrogens is 6. The number of fused-ring (bicyclic) bond motifs is 2. The van der Waals surface area contributed by atoms with Gasteiger partial charge >= 0.3 is 0 Å². The van der Waals surface area contributed by atoms with Crippen molar-refractivity contribution in [3.63, 3.8) is 0 Å². The highest BCUT2D eigenvalue weighted by atomic mass is 32.1. The molecule has 7 nitrogen and oxygen atoms in total. The third-order valence-corrected chi connectivity index (χ3v) is 5.38. The summed E-state index contributed by atoms with van der Waals surface area (Å²) in [5.74, 6) is 1.59. The Kier molecular flexibility index (Phi) is 3.63. The minimum atomic E-state index is 0.737. The van der Waals surface area contributed by atoms with Crippen LogP contribution in [0.25, 0.3) is 22.3 Å². The molecule has 26 heavy (non-hydrogen) atoms. The lowest BCUT2D eigenvalue weighted by Gasteiger charge is -2.19. The highest BCUT2D eigenvalue weighted by molar-refractivity contribution is 7.13. The second kappa shape index (κ2) is 6.14. The van der Waals surface area contributed by atoms with Crippen molar-refractivity contribution < 1.29 is 0 Å². The lowest BCUT2D eigenvalue weighted by Crippen LogP contribution is -2.12. The Morgan fingerprint density at radius 3 is 2.96 bits per heavy atom. The van der Waals surface area contributed by atoms with E-state index in [2.05, 4.69) is 38.8 Å². The summed E-state index contributed by atoms with van der Waals surface area (Å²) >= 11 is 1.47. The molecule has 0 radical (unpaired) electrons. The number of rotatable bonds is 3. The lowest BCUT2D eigenvalue weighted by atomic mass is 9.96. The van der Waals surface area contributed by atoms with E-state index in [9.17, 15) is 0 Å². The van der Waals surface area contributed by atoms with Crippen molar-refractivity contribution in [3.05, 3.63) is 41.2 Å². The Hall–Kier alpha value is -2.87. The van der Waals surface area contributed by atoms with Gasteiger partial charge in [-0.2, -0.15) is 5.10 Å². The summed E-state index contributed by atoms with van der Waals surface area (Å²) in [4.78, 5) is 9.72. The molecule has 0 aliphatic heterocycles. The van der Waals surface area contributed by atoms with Crippen molar-refractivity contribution in [3.8, 4) is 11.4 Å². The third-order valence-electron chi connectivity index (χ3n) is 4.78. The normalized spacial score (nSPS) is 13.7. The predicted octanol–water partition coefficient (Wildman–Crippen LogP) is 3.50. The van der Waals surface area contributed by atoms with E-state index in [1.165, 1.54) is 29.7 Å². The van der Waals surface area contributed by atoms with E-state index >= 15 is 0 Å². The maximum atomic E-state index is 4.88. The molecule has 1 N–H and O–H groups in total. The number of nitrogens with zero attached hydrogens (tertiary/aromatic N) is 6. The summed E-state index contributed by atoms with van der Waals surface area (Å²) in [6, 6.07) is 6.23. The smallest absolute Gasteiger partial charge is 0.210 e. The SMILES string of the molecule is Cn1ncc2ccc(-c3nc4c(c(Nc5nncs5)n3)CCCC4)cc21. The Bertz CT molecular complexity index is 1080. The molecule has 130 valence electrons. The maximum Gasteiger partial charge on any atom is 0.210 e. The first kappa shape index (κ1) is 15.4. The fraction of sp³-hybridized carbons (Fsp3) is 0.278. The van der Waals surface area contributed by atoms with Gasteiger partial charge in [-0.3, -0.25) is 4.68 Å². The van der Waals surface area contributed by atoms with Crippen LogP contribution >= 0.6 is 11.3 Å². The second-order valence-corrected chi connectivity index (χ2v) is 7.27. The van der Waals surface area contributed by atoms with Crippen LogP contribution in [0, 0.1) is 0 Å². The topological polar surface area (TPSA) is 81.4 Å². The van der Waals surface area contributed by atoms with E-state index in [1.807, 2.05) is 17.9 Å². The molecule has 3 aromatic heterocycles. The van der Waals surface area contributed by atoms with Gasteiger partial charge < -0.3 is 5.32 Å². The molecule has 1 aromatic carbocycles. The predicted molar refractivity (Wildman–Crippen MR) is 102 cm³/mol. The standard InChI is InChI=1S/C18H17N7S/c1-25-15-8-11(6-7-12(15)9-20-25)16-21-14-5-3-2-4-13(14)17(22-16)23-18-24-19-10-26-18/h6-10H,2-5H2,1H3,(H,21,22,23,24). The van der Waals surface area contributed by atoms with Gasteiger partial charge in [-0.05, 0) is 31.7 Å². The van der Waals surface area contributed by atoms with E-state index in [-0.39, 0.29) is 0 Å². The molecule has 0 saturated heterocycles. The van der Waals surface area contributed by atoms with Crippen molar-refractivity contribution in [1.82, 2.24) is 29.9 Å². The molecule has 1 aliphatic carbocycles. The lowest BCUT2D eigenvalue weighted by molar-refractivity contribution is 0.665. The van der Waals surface area contributed by atoms with Crippen molar-refractivity contribution >= 4 is 33.2 Å². The molecule has 0 amide bonds. The van der Waals surface area contributed by atoms with Crippen molar-refractivity contribution in [2.45, 2.75) is 25.7 Å². The van der Waals surface area contributed by atoms with Crippen LogP contribution in [-0.4, -0.2) is 29.9 Å². The fourth-order valence-electron chi connectivity index (χ4n) is 3.44. The van der Waals surface area contributed by atoms with E-state index in [4.69, 9.17) is 9.97 Å². The van der Waals surface area contributed by atoms with Gasteiger partial charge in [0, 0.05) is 29.3 Å². The monoisotopic (exact) mass is 363 g/mol. The zero-order valence-electron chi connectivity index (χ0n) is 14.3. The van der Waals surface area contributed by atoms with Crippen LogP contribution in [0.3, 0.4) is 0 Å². The molecule has 0 saturated carbocycles. The fourth-order valence-corrected chi connectivity index (χ4v) is 3.88. The molecule has 4 aromatic rings. The maximum absolute atomic E-state index is 4.88. The zero-order valence-corrected chi connectivity index (χ0v) is 15.1. The number of hydrogen-bond donors (Lipinski definition) is 1. The molecule has 5 rings (SSSR count). The number of aryl methyl sites for hydroxylation is 2. The van der Waals surface area contributed by atoms with Crippen molar-refractivity contribution in [2.75, 3.05) is 5.32 Å². The van der Waals surface area contributed by atoms with Gasteiger partial charge in [0.2, 0.25) is 5.13 Å². The Balaban J connectivity index is 1.64. The number of nitrogens with one attached hydrogen (secondary N) is 1. The van der Waals surface area contributed by atoms with Gasteiger partial charge in [-0.25, -0.2) is 9.97 Å². The number of benzene rings is 1. The number of anilines is 2. The van der Waals surface area contributed by atoms with Crippen molar-refractivity contribution in [2.24, 2.45) is 7.05 Å². The molecule has 0 atom stereocenters. The van der Waals surface area contributed by atoms with Crippen LogP contribution in [0.2, 0.25) is 0 Å². The summed E-state index contributed by atoms with van der Waals surface area (Å²) in [5.41, 5.74) is 6.13. The highest BCUT2D eigenvalue weighted by Crippen LogP contribution is 2.31. The average molecular weight is 363 g/mol. The van der Waals surface area contributed by atoms with Crippen molar-refractivity contribution in [1.29, 1.82) is 0 Å². The van der Waals surface area contributed by atoms with Crippen LogP contribution in [-0.2, 0) is 19.9 Å². The first-order valence-electron chi connectivity index (χ1n) is 8.63. The Morgan fingerprint density at radius 1 is 1.15 bits per heavy atom. The molecular formula is C18H17N7S. The molecule has 0 spiro atoms. The zero-order chi connectivity index (χ0) is 17.5. The summed E-state index contributed by atoms with van der Waals surface area (Å²) < 4.78 is 1.87. The molecule has 0 bridgehead atoms. The van der Waals surface area contributed by atoms with Crippen LogP contribution in [0.5, 0.6) is 0 Å². The summed E-state index contributed by atoms with van der Waals surface area (Å²) in [6.07, 6.45) is 6.19. The van der Waals surface area contributed by atoms with Gasteiger partial charge in [0.15, 0.2) is 5.82 Å². The molecule has 8 heteroatoms. The van der Waals surface area contributed by atoms with E-state index in [0.717, 1.165) is 51.8 Å². The number of hydrogen-bond acceptors (Lipinski definition) is 7. The molecule has 3 heterocycles. The van der Waals surface area contributed by atoms with E-state index in [0.29, 0.717) is 0 Å². The van der Waals surface area contributed by atoms with Gasteiger partial charge in [-0.15, -0.1) is 10.2 Å². The quantitative estimate of drug-likeness (QED) is 0.600. The Labute approximate surface area is 154 Å². The third kappa shape index (κ3) is 2.62. The second-order valence-electron chi connectivity index (χ2n) is 6.44. The largest absolute Gasteiger partial charge is 0.314 e. The summed E-state index contributed by atoms with van der Waals surface area (Å²) in [5, 5.41) is 17.5. The van der Waals surface area contributed by atoms with E-state index in [1.54, 1.807) is 5.51 Å². The molecule has 1 aliphatic rings. The highest BCUT2D eigenvalue weighted by Gasteiger charge is 2.19. The summed E-state index contributed by atoms with van der Waals surface area (Å²) in [6.45, 7) is 0. The van der Waals surface area contributed by atoms with Crippen LogP contribution < -0.4 is 5.32 Å². The van der Waals surface area contributed by atoms with Gasteiger partial charge in [0.05, 0.1) is 11.7 Å². The van der Waals surface area contributed by atoms with Gasteiger partial charge in [0.1, 0.15) is 11.3 Å². The molecule has 0 fully saturated rings. The minimum Gasteiger partial charge on any atom is -0.314 e. The van der Waals surface area contributed by atoms with Gasteiger partial charge in [0.25, 0.3) is 0 Å². The van der Waals surface area contributed by atoms with Crippen LogP contribution in [0.15, 0.2) is 29.9 Å². The molecule has 0 unspecified atom stereocenters. The van der Waals surface area contributed by atoms with Gasteiger partial charge in [-0.1, -0.05) is 23.5 Å².